The molecule has 25 heavy (non-hydrogen) atoms. The third-order valence-corrected chi connectivity index (χ3v) is 4.33. The number of benzene rings is 2. The molecule has 1 N–H and O–H groups in total. The molecule has 0 spiro atoms. The largest absolute Gasteiger partial charge is 0.494 e. The zero-order valence-corrected chi connectivity index (χ0v) is 14.8. The van der Waals surface area contributed by atoms with E-state index in [1.165, 1.54) is 13.2 Å². The number of hydrogen-bond acceptors (Lipinski definition) is 4. The van der Waals surface area contributed by atoms with Gasteiger partial charge in [-0.05, 0) is 41.3 Å². The Morgan fingerprint density at radius 2 is 1.84 bits per heavy atom. The number of fused-ring (bicyclic) bond motifs is 1. The van der Waals surface area contributed by atoms with Gasteiger partial charge in [0.2, 0.25) is 0 Å². The van der Waals surface area contributed by atoms with Crippen molar-refractivity contribution in [1.82, 2.24) is 5.32 Å². The van der Waals surface area contributed by atoms with Crippen LogP contribution in [0.5, 0.6) is 17.2 Å². The van der Waals surface area contributed by atoms with Crippen LogP contribution in [0, 0.1) is 11.7 Å². The minimum Gasteiger partial charge on any atom is -0.494 e. The first-order chi connectivity index (χ1) is 12.1. The molecule has 1 heterocycles. The predicted molar refractivity (Wildman–Crippen MR) is 94.8 cm³/mol. The second-order valence-electron chi connectivity index (χ2n) is 6.47. The topological polar surface area (TPSA) is 39.7 Å². The van der Waals surface area contributed by atoms with Crippen molar-refractivity contribution in [2.75, 3.05) is 20.3 Å². The fraction of sp³-hybridized carbons (Fsp3) is 0.400. The van der Waals surface area contributed by atoms with E-state index in [0.29, 0.717) is 25.7 Å². The van der Waals surface area contributed by atoms with Crippen LogP contribution in [-0.2, 0) is 6.54 Å². The van der Waals surface area contributed by atoms with Crippen molar-refractivity contribution in [2.24, 2.45) is 5.92 Å². The Bertz CT molecular complexity index is 733. The second-order valence-corrected chi connectivity index (χ2v) is 6.47. The van der Waals surface area contributed by atoms with Crippen molar-refractivity contribution in [3.8, 4) is 17.2 Å². The molecule has 1 aliphatic heterocycles. The number of methoxy groups -OCH3 is 1. The summed E-state index contributed by atoms with van der Waals surface area (Å²) < 4.78 is 30.1. The third-order valence-electron chi connectivity index (χ3n) is 4.33. The lowest BCUT2D eigenvalue weighted by Crippen LogP contribution is -2.26. The first-order valence-electron chi connectivity index (χ1n) is 8.54. The maximum absolute atomic E-state index is 13.9. The van der Waals surface area contributed by atoms with Crippen LogP contribution in [-0.4, -0.2) is 20.3 Å². The monoisotopic (exact) mass is 345 g/mol. The van der Waals surface area contributed by atoms with E-state index in [-0.39, 0.29) is 17.6 Å². The summed E-state index contributed by atoms with van der Waals surface area (Å²) in [6, 6.07) is 11.2. The van der Waals surface area contributed by atoms with Gasteiger partial charge < -0.3 is 19.5 Å². The van der Waals surface area contributed by atoms with Gasteiger partial charge in [0.25, 0.3) is 0 Å². The number of halogens is 1. The Kier molecular flexibility index (Phi) is 5.43. The Morgan fingerprint density at radius 3 is 2.52 bits per heavy atom. The third kappa shape index (κ3) is 4.04. The van der Waals surface area contributed by atoms with E-state index >= 15 is 0 Å². The molecule has 2 aromatic carbocycles. The van der Waals surface area contributed by atoms with Crippen LogP contribution in [0.1, 0.15) is 31.0 Å². The summed E-state index contributed by atoms with van der Waals surface area (Å²) in [5, 5.41) is 3.52. The van der Waals surface area contributed by atoms with Crippen LogP contribution in [0.25, 0.3) is 0 Å². The molecule has 0 saturated carbocycles. The van der Waals surface area contributed by atoms with Gasteiger partial charge in [0.1, 0.15) is 13.2 Å². The molecule has 0 saturated heterocycles. The molecule has 0 fully saturated rings. The molecule has 1 atom stereocenters. The molecule has 2 aromatic rings. The van der Waals surface area contributed by atoms with Gasteiger partial charge in [-0.1, -0.05) is 26.0 Å². The van der Waals surface area contributed by atoms with Crippen LogP contribution in [0.3, 0.4) is 0 Å². The summed E-state index contributed by atoms with van der Waals surface area (Å²) in [5.74, 6) is 1.85. The predicted octanol–water partition coefficient (Wildman–Crippen LogP) is 4.09. The van der Waals surface area contributed by atoms with Crippen LogP contribution in [0.15, 0.2) is 36.4 Å². The summed E-state index contributed by atoms with van der Waals surface area (Å²) in [6.45, 7) is 6.03. The van der Waals surface area contributed by atoms with Gasteiger partial charge in [0.05, 0.1) is 7.11 Å². The fourth-order valence-corrected chi connectivity index (χ4v) is 3.04. The summed E-state index contributed by atoms with van der Waals surface area (Å²) in [5.41, 5.74) is 2.01. The van der Waals surface area contributed by atoms with Crippen molar-refractivity contribution < 1.29 is 18.6 Å². The first kappa shape index (κ1) is 17.5. The van der Waals surface area contributed by atoms with Gasteiger partial charge in [-0.2, -0.15) is 0 Å². The molecule has 0 aromatic heterocycles. The van der Waals surface area contributed by atoms with Crippen molar-refractivity contribution in [1.29, 1.82) is 0 Å². The van der Waals surface area contributed by atoms with Crippen LogP contribution in [0.2, 0.25) is 0 Å². The second kappa shape index (κ2) is 7.74. The van der Waals surface area contributed by atoms with Gasteiger partial charge in [0, 0.05) is 12.6 Å². The lowest BCUT2D eigenvalue weighted by Gasteiger charge is -2.25. The average Bonchev–Trinajstić information content (AvgIpc) is 2.61. The number of rotatable bonds is 6. The molecule has 134 valence electrons. The van der Waals surface area contributed by atoms with Crippen LogP contribution in [0.4, 0.5) is 4.39 Å². The van der Waals surface area contributed by atoms with Crippen molar-refractivity contribution in [2.45, 2.75) is 26.4 Å². The Hall–Kier alpha value is -2.27. The molecule has 0 aliphatic carbocycles. The quantitative estimate of drug-likeness (QED) is 0.856. The minimum absolute atomic E-state index is 0.126. The fourth-order valence-electron chi connectivity index (χ4n) is 3.04. The van der Waals surface area contributed by atoms with E-state index in [4.69, 9.17) is 14.2 Å². The van der Waals surface area contributed by atoms with E-state index in [2.05, 4.69) is 25.2 Å². The summed E-state index contributed by atoms with van der Waals surface area (Å²) in [6.07, 6.45) is 0. The minimum atomic E-state index is -0.345. The van der Waals surface area contributed by atoms with Gasteiger partial charge >= 0.3 is 0 Å². The van der Waals surface area contributed by atoms with E-state index in [9.17, 15) is 4.39 Å². The molecule has 3 rings (SSSR count). The molecule has 4 nitrogen and oxygen atoms in total. The maximum atomic E-state index is 13.9. The molecule has 0 radical (unpaired) electrons. The smallest absolute Gasteiger partial charge is 0.165 e. The van der Waals surface area contributed by atoms with Crippen LogP contribution >= 0.6 is 0 Å². The highest BCUT2D eigenvalue weighted by atomic mass is 19.1. The highest BCUT2D eigenvalue weighted by Gasteiger charge is 2.19. The summed E-state index contributed by atoms with van der Waals surface area (Å²) >= 11 is 0. The number of ether oxygens (including phenoxy) is 3. The van der Waals surface area contributed by atoms with Crippen LogP contribution < -0.4 is 19.5 Å². The van der Waals surface area contributed by atoms with Gasteiger partial charge in [-0.3, -0.25) is 0 Å². The van der Waals surface area contributed by atoms with Gasteiger partial charge in [-0.25, -0.2) is 4.39 Å². The summed E-state index contributed by atoms with van der Waals surface area (Å²) in [7, 11) is 1.47. The zero-order chi connectivity index (χ0) is 17.8. The van der Waals surface area contributed by atoms with Crippen molar-refractivity contribution in [3.05, 3.63) is 53.3 Å². The van der Waals surface area contributed by atoms with Gasteiger partial charge in [0.15, 0.2) is 23.1 Å². The molecule has 0 amide bonds. The van der Waals surface area contributed by atoms with Crippen molar-refractivity contribution in [3.63, 3.8) is 0 Å². The zero-order valence-electron chi connectivity index (χ0n) is 14.8. The lowest BCUT2D eigenvalue weighted by molar-refractivity contribution is 0.171. The van der Waals surface area contributed by atoms with E-state index in [0.717, 1.165) is 22.6 Å². The van der Waals surface area contributed by atoms with E-state index in [1.807, 2.05) is 18.2 Å². The van der Waals surface area contributed by atoms with Gasteiger partial charge in [-0.15, -0.1) is 0 Å². The van der Waals surface area contributed by atoms with Crippen molar-refractivity contribution >= 4 is 0 Å². The molecule has 0 bridgehead atoms. The standard InChI is InChI=1S/C20H24FNO3/c1-13(2)20(15-5-7-18-19(11-15)25-9-8-24-18)22-12-14-4-6-17(23-3)16(21)10-14/h4-7,10-11,13,20,22H,8-9,12H2,1-3H3. The summed E-state index contributed by atoms with van der Waals surface area (Å²) in [4.78, 5) is 0. The maximum Gasteiger partial charge on any atom is 0.165 e. The Labute approximate surface area is 147 Å². The average molecular weight is 345 g/mol. The normalized spacial score (nSPS) is 14.4. The molecular formula is C20H24FNO3. The SMILES string of the molecule is COc1ccc(CNC(c2ccc3c(c2)OCCO3)C(C)C)cc1F. The highest BCUT2D eigenvalue weighted by Crippen LogP contribution is 2.34. The molecule has 1 aliphatic rings. The molecule has 1 unspecified atom stereocenters. The Balaban J connectivity index is 1.74. The Morgan fingerprint density at radius 1 is 1.08 bits per heavy atom. The number of hydrogen-bond donors (Lipinski definition) is 1. The molecular weight excluding hydrogens is 321 g/mol. The highest BCUT2D eigenvalue weighted by molar-refractivity contribution is 5.44. The molecule has 5 heteroatoms. The first-order valence-corrected chi connectivity index (χ1v) is 8.54. The van der Waals surface area contributed by atoms with E-state index in [1.54, 1.807) is 6.07 Å². The lowest BCUT2D eigenvalue weighted by atomic mass is 9.95. The van der Waals surface area contributed by atoms with E-state index < -0.39 is 0 Å². The number of nitrogens with one attached hydrogen (secondary N) is 1.